The normalized spacial score (nSPS) is 22.1. The molecular weight excluding hydrogens is 277 g/mol. The van der Waals surface area contributed by atoms with Gasteiger partial charge in [-0.05, 0) is 37.5 Å². The highest BCUT2D eigenvalue weighted by atomic mass is 35.5. The van der Waals surface area contributed by atoms with Crippen LogP contribution in [0.5, 0.6) is 0 Å². The minimum atomic E-state index is -1.54. The molecule has 0 aliphatic carbocycles. The van der Waals surface area contributed by atoms with E-state index in [2.05, 4.69) is 5.32 Å². The number of hydrogen-bond donors (Lipinski definition) is 1. The molecule has 2 unspecified atom stereocenters. The van der Waals surface area contributed by atoms with Crippen LogP contribution in [0.4, 0.5) is 4.39 Å². The maximum Gasteiger partial charge on any atom is 0.236 e. The molecule has 1 aliphatic rings. The lowest BCUT2D eigenvalue weighted by Gasteiger charge is -2.13. The zero-order chi connectivity index (χ0) is 13.1. The smallest absolute Gasteiger partial charge is 0.236 e. The molecule has 0 aromatic heterocycles. The van der Waals surface area contributed by atoms with Gasteiger partial charge in [0, 0.05) is 11.4 Å². The SMILES string of the molecule is O=C1NCCCCC1S(=O)c1ccc(Cl)c(F)c1. The minimum Gasteiger partial charge on any atom is -0.355 e. The van der Waals surface area contributed by atoms with Gasteiger partial charge in [-0.15, -0.1) is 0 Å². The minimum absolute atomic E-state index is 0.0129. The summed E-state index contributed by atoms with van der Waals surface area (Å²) in [6.07, 6.45) is 2.28. The number of hydrogen-bond acceptors (Lipinski definition) is 2. The van der Waals surface area contributed by atoms with Gasteiger partial charge >= 0.3 is 0 Å². The van der Waals surface area contributed by atoms with E-state index in [1.54, 1.807) is 0 Å². The van der Waals surface area contributed by atoms with E-state index in [9.17, 15) is 13.4 Å². The quantitative estimate of drug-likeness (QED) is 0.908. The second-order valence-corrected chi connectivity index (χ2v) is 6.19. The van der Waals surface area contributed by atoms with Crippen LogP contribution in [0.2, 0.25) is 5.02 Å². The van der Waals surface area contributed by atoms with Crippen molar-refractivity contribution in [3.05, 3.63) is 29.0 Å². The summed E-state index contributed by atoms with van der Waals surface area (Å²) in [5, 5.41) is 2.10. The van der Waals surface area contributed by atoms with Crippen LogP contribution in [0, 0.1) is 5.82 Å². The number of benzene rings is 1. The van der Waals surface area contributed by atoms with E-state index in [0.717, 1.165) is 18.9 Å². The van der Waals surface area contributed by atoms with Crippen molar-refractivity contribution in [3.8, 4) is 0 Å². The van der Waals surface area contributed by atoms with Crippen molar-refractivity contribution in [1.82, 2.24) is 5.32 Å². The zero-order valence-electron chi connectivity index (χ0n) is 9.62. The summed E-state index contributed by atoms with van der Waals surface area (Å²) < 4.78 is 25.6. The van der Waals surface area contributed by atoms with Crippen molar-refractivity contribution in [3.63, 3.8) is 0 Å². The second kappa shape index (κ2) is 5.80. The molecular formula is C12H13ClFNO2S. The fraction of sp³-hybridized carbons (Fsp3) is 0.417. The number of halogens is 2. The van der Waals surface area contributed by atoms with Gasteiger partial charge in [0.2, 0.25) is 5.91 Å². The van der Waals surface area contributed by atoms with Gasteiger partial charge in [-0.25, -0.2) is 4.39 Å². The fourth-order valence-corrected chi connectivity index (χ4v) is 3.41. The third kappa shape index (κ3) is 2.90. The molecule has 18 heavy (non-hydrogen) atoms. The summed E-state index contributed by atoms with van der Waals surface area (Å²) in [6, 6.07) is 4.00. The Morgan fingerprint density at radius 3 is 2.89 bits per heavy atom. The largest absolute Gasteiger partial charge is 0.355 e. The van der Waals surface area contributed by atoms with E-state index >= 15 is 0 Å². The molecule has 1 aliphatic heterocycles. The number of nitrogens with one attached hydrogen (secondary N) is 1. The number of rotatable bonds is 2. The Kier molecular flexibility index (Phi) is 4.35. The van der Waals surface area contributed by atoms with Crippen LogP contribution in [-0.2, 0) is 15.6 Å². The molecule has 3 nitrogen and oxygen atoms in total. The van der Waals surface area contributed by atoms with Crippen molar-refractivity contribution in [2.75, 3.05) is 6.54 Å². The molecule has 1 N–H and O–H groups in total. The molecule has 1 aromatic rings. The molecule has 1 saturated heterocycles. The van der Waals surface area contributed by atoms with Crippen LogP contribution >= 0.6 is 11.6 Å². The van der Waals surface area contributed by atoms with Crippen molar-refractivity contribution >= 4 is 28.3 Å². The molecule has 1 fully saturated rings. The molecule has 0 radical (unpaired) electrons. The molecule has 2 atom stereocenters. The van der Waals surface area contributed by atoms with Gasteiger partial charge in [-0.3, -0.25) is 9.00 Å². The van der Waals surface area contributed by atoms with E-state index in [1.807, 2.05) is 0 Å². The van der Waals surface area contributed by atoms with Crippen LogP contribution < -0.4 is 5.32 Å². The Labute approximate surface area is 112 Å². The first-order valence-corrected chi connectivity index (χ1v) is 7.32. The van der Waals surface area contributed by atoms with Crippen molar-refractivity contribution < 1.29 is 13.4 Å². The van der Waals surface area contributed by atoms with Crippen LogP contribution in [0.25, 0.3) is 0 Å². The maximum absolute atomic E-state index is 13.3. The Morgan fingerprint density at radius 1 is 1.39 bits per heavy atom. The molecule has 98 valence electrons. The Morgan fingerprint density at radius 2 is 2.17 bits per heavy atom. The molecule has 1 aromatic carbocycles. The average Bonchev–Trinajstić information content (AvgIpc) is 2.56. The zero-order valence-corrected chi connectivity index (χ0v) is 11.2. The average molecular weight is 290 g/mol. The number of carbonyl (C=O) groups is 1. The predicted molar refractivity (Wildman–Crippen MR) is 68.5 cm³/mol. The fourth-order valence-electron chi connectivity index (χ4n) is 1.88. The van der Waals surface area contributed by atoms with Crippen LogP contribution in [0.15, 0.2) is 23.1 Å². The highest BCUT2D eigenvalue weighted by molar-refractivity contribution is 7.86. The molecule has 2 rings (SSSR count). The van der Waals surface area contributed by atoms with Gasteiger partial charge in [0.05, 0.1) is 15.8 Å². The third-order valence-corrected chi connectivity index (χ3v) is 4.86. The van der Waals surface area contributed by atoms with Crippen LogP contribution in [-0.4, -0.2) is 21.9 Å². The highest BCUT2D eigenvalue weighted by Crippen LogP contribution is 2.22. The summed E-state index contributed by atoms with van der Waals surface area (Å²) in [5.41, 5.74) is 0. The van der Waals surface area contributed by atoms with Crippen LogP contribution in [0.3, 0.4) is 0 Å². The first-order valence-electron chi connectivity index (χ1n) is 5.73. The standard InChI is InChI=1S/C12H13ClFNO2S/c13-9-5-4-8(7-10(9)14)18(17)11-3-1-2-6-15-12(11)16/h4-5,7,11H,1-3,6H2,(H,15,16). The lowest BCUT2D eigenvalue weighted by atomic mass is 10.2. The van der Waals surface area contributed by atoms with Crippen LogP contribution in [0.1, 0.15) is 19.3 Å². The van der Waals surface area contributed by atoms with E-state index in [1.165, 1.54) is 12.1 Å². The number of amides is 1. The van der Waals surface area contributed by atoms with Crippen molar-refractivity contribution in [2.24, 2.45) is 0 Å². The van der Waals surface area contributed by atoms with Crippen molar-refractivity contribution in [2.45, 2.75) is 29.4 Å². The van der Waals surface area contributed by atoms with E-state index in [4.69, 9.17) is 11.6 Å². The Bertz CT molecular complexity index is 495. The Balaban J connectivity index is 2.23. The monoisotopic (exact) mass is 289 g/mol. The second-order valence-electron chi connectivity index (χ2n) is 4.15. The molecule has 0 saturated carbocycles. The van der Waals surface area contributed by atoms with E-state index in [-0.39, 0.29) is 10.9 Å². The lowest BCUT2D eigenvalue weighted by Crippen LogP contribution is -2.35. The first kappa shape index (κ1) is 13.5. The topological polar surface area (TPSA) is 46.2 Å². The van der Waals surface area contributed by atoms with Gasteiger partial charge in [-0.2, -0.15) is 0 Å². The summed E-state index contributed by atoms with van der Waals surface area (Å²) in [7, 11) is -1.54. The molecule has 0 bridgehead atoms. The third-order valence-electron chi connectivity index (χ3n) is 2.87. The van der Waals surface area contributed by atoms with E-state index in [0.29, 0.717) is 17.9 Å². The van der Waals surface area contributed by atoms with E-state index < -0.39 is 21.9 Å². The summed E-state index contributed by atoms with van der Waals surface area (Å²) in [6.45, 7) is 0.613. The number of carbonyl (C=O) groups excluding carboxylic acids is 1. The van der Waals surface area contributed by atoms with Gasteiger partial charge < -0.3 is 5.32 Å². The highest BCUT2D eigenvalue weighted by Gasteiger charge is 2.27. The van der Waals surface area contributed by atoms with Crippen molar-refractivity contribution in [1.29, 1.82) is 0 Å². The van der Waals surface area contributed by atoms with Gasteiger partial charge in [0.15, 0.2) is 0 Å². The summed E-state index contributed by atoms with van der Waals surface area (Å²) >= 11 is 5.57. The van der Waals surface area contributed by atoms with Gasteiger partial charge in [0.25, 0.3) is 0 Å². The predicted octanol–water partition coefficient (Wildman–Crippen LogP) is 2.26. The summed E-state index contributed by atoms with van der Waals surface area (Å²) in [5.74, 6) is -0.835. The lowest BCUT2D eigenvalue weighted by molar-refractivity contribution is -0.120. The molecule has 6 heteroatoms. The molecule has 1 amide bonds. The van der Waals surface area contributed by atoms with Gasteiger partial charge in [-0.1, -0.05) is 11.6 Å². The maximum atomic E-state index is 13.3. The Hall–Kier alpha value is -0.940. The first-order chi connectivity index (χ1) is 8.59. The van der Waals surface area contributed by atoms with Gasteiger partial charge in [0.1, 0.15) is 11.1 Å². The molecule has 0 spiro atoms. The summed E-state index contributed by atoms with van der Waals surface area (Å²) in [4.78, 5) is 12.1. The molecule has 1 heterocycles.